The number of benzene rings is 1. The van der Waals surface area contributed by atoms with Gasteiger partial charge in [0.1, 0.15) is 0 Å². The minimum atomic E-state index is -0.327. The second-order valence-electron chi connectivity index (χ2n) is 3.42. The predicted octanol–water partition coefficient (Wildman–Crippen LogP) is 1.98. The van der Waals surface area contributed by atoms with Crippen LogP contribution < -0.4 is 5.73 Å². The lowest BCUT2D eigenvalue weighted by atomic mass is 9.98. The van der Waals surface area contributed by atoms with Gasteiger partial charge in [-0.3, -0.25) is 0 Å². The molecule has 0 aliphatic carbocycles. The van der Waals surface area contributed by atoms with E-state index in [2.05, 4.69) is 0 Å². The van der Waals surface area contributed by atoms with E-state index in [0.29, 0.717) is 11.3 Å². The number of hydrogen-bond donors (Lipinski definition) is 1. The van der Waals surface area contributed by atoms with E-state index >= 15 is 0 Å². The first-order valence-electron chi connectivity index (χ1n) is 4.43. The van der Waals surface area contributed by atoms with Crippen molar-refractivity contribution in [3.8, 4) is 0 Å². The first-order valence-corrected chi connectivity index (χ1v) is 4.43. The molecule has 0 amide bonds. The van der Waals surface area contributed by atoms with Crippen molar-refractivity contribution in [2.24, 2.45) is 0 Å². The highest BCUT2D eigenvalue weighted by atomic mass is 16.5. The average molecular weight is 193 g/mol. The second-order valence-corrected chi connectivity index (χ2v) is 3.42. The maximum absolute atomic E-state index is 11.4. The maximum Gasteiger partial charge on any atom is 0.338 e. The van der Waals surface area contributed by atoms with E-state index in [0.717, 1.165) is 16.7 Å². The van der Waals surface area contributed by atoms with Crippen LogP contribution >= 0.6 is 0 Å². The van der Waals surface area contributed by atoms with Gasteiger partial charge in [-0.25, -0.2) is 4.79 Å². The highest BCUT2D eigenvalue weighted by molar-refractivity contribution is 5.94. The summed E-state index contributed by atoms with van der Waals surface area (Å²) >= 11 is 0. The zero-order valence-corrected chi connectivity index (χ0v) is 8.97. The van der Waals surface area contributed by atoms with Gasteiger partial charge < -0.3 is 10.5 Å². The normalized spacial score (nSPS) is 10.0. The van der Waals surface area contributed by atoms with Gasteiger partial charge in [-0.05, 0) is 37.5 Å². The zero-order valence-electron chi connectivity index (χ0n) is 8.97. The van der Waals surface area contributed by atoms with E-state index < -0.39 is 0 Å². The lowest BCUT2D eigenvalue weighted by Gasteiger charge is -2.12. The molecule has 0 radical (unpaired) electrons. The molecule has 1 aromatic rings. The highest BCUT2D eigenvalue weighted by Crippen LogP contribution is 2.24. The number of methoxy groups -OCH3 is 1. The maximum atomic E-state index is 11.4. The summed E-state index contributed by atoms with van der Waals surface area (Å²) in [5.41, 5.74) is 9.78. The summed E-state index contributed by atoms with van der Waals surface area (Å²) in [6, 6.07) is 1.90. The number of carbonyl (C=O) groups excluding carboxylic acids is 1. The van der Waals surface area contributed by atoms with Crippen LogP contribution in [0.1, 0.15) is 27.0 Å². The molecule has 0 spiro atoms. The molecule has 1 aromatic carbocycles. The van der Waals surface area contributed by atoms with Crippen molar-refractivity contribution in [3.05, 3.63) is 28.3 Å². The second kappa shape index (κ2) is 3.70. The molecule has 0 atom stereocenters. The van der Waals surface area contributed by atoms with Crippen LogP contribution in [-0.2, 0) is 4.74 Å². The summed E-state index contributed by atoms with van der Waals surface area (Å²) in [7, 11) is 1.37. The summed E-state index contributed by atoms with van der Waals surface area (Å²) < 4.78 is 4.70. The van der Waals surface area contributed by atoms with Gasteiger partial charge in [0, 0.05) is 5.69 Å². The third-order valence-electron chi connectivity index (χ3n) is 2.42. The fourth-order valence-electron chi connectivity index (χ4n) is 1.62. The van der Waals surface area contributed by atoms with Gasteiger partial charge in [0.15, 0.2) is 0 Å². The number of nitrogen functional groups attached to an aromatic ring is 1. The number of hydrogen-bond acceptors (Lipinski definition) is 3. The molecule has 14 heavy (non-hydrogen) atoms. The quantitative estimate of drug-likeness (QED) is 0.548. The molecule has 0 unspecified atom stereocenters. The minimum Gasteiger partial charge on any atom is -0.465 e. The fourth-order valence-corrected chi connectivity index (χ4v) is 1.62. The number of nitrogens with two attached hydrogens (primary N) is 1. The molecule has 2 N–H and O–H groups in total. The Morgan fingerprint density at radius 3 is 2.36 bits per heavy atom. The van der Waals surface area contributed by atoms with Crippen molar-refractivity contribution in [3.63, 3.8) is 0 Å². The molecule has 0 fully saturated rings. The van der Waals surface area contributed by atoms with Crippen molar-refractivity contribution in [1.29, 1.82) is 0 Å². The van der Waals surface area contributed by atoms with Crippen molar-refractivity contribution in [2.75, 3.05) is 12.8 Å². The van der Waals surface area contributed by atoms with Crippen LogP contribution in [-0.4, -0.2) is 13.1 Å². The molecule has 0 aromatic heterocycles. The van der Waals surface area contributed by atoms with Gasteiger partial charge >= 0.3 is 5.97 Å². The van der Waals surface area contributed by atoms with Crippen LogP contribution in [0.3, 0.4) is 0 Å². The first-order chi connectivity index (χ1) is 6.49. The number of aryl methyl sites for hydroxylation is 2. The van der Waals surface area contributed by atoms with Gasteiger partial charge in [0.2, 0.25) is 0 Å². The standard InChI is InChI=1S/C11H15NO2/c1-6-5-7(2)10(12)8(3)9(6)11(13)14-4/h5H,12H2,1-4H3. The SMILES string of the molecule is COC(=O)c1c(C)cc(C)c(N)c1C. The number of anilines is 1. The molecule has 3 heteroatoms. The van der Waals surface area contributed by atoms with E-state index in [1.54, 1.807) is 0 Å². The van der Waals surface area contributed by atoms with Gasteiger partial charge in [0.25, 0.3) is 0 Å². The lowest BCUT2D eigenvalue weighted by Crippen LogP contribution is -2.09. The highest BCUT2D eigenvalue weighted by Gasteiger charge is 2.15. The molecule has 0 saturated carbocycles. The Hall–Kier alpha value is -1.51. The minimum absolute atomic E-state index is 0.327. The van der Waals surface area contributed by atoms with Gasteiger partial charge in [-0.2, -0.15) is 0 Å². The molecule has 76 valence electrons. The van der Waals surface area contributed by atoms with Crippen molar-refractivity contribution in [2.45, 2.75) is 20.8 Å². The molecule has 0 aliphatic rings. The Balaban J connectivity index is 3.44. The van der Waals surface area contributed by atoms with Gasteiger partial charge in [-0.1, -0.05) is 6.07 Å². The Bertz CT molecular complexity index is 383. The zero-order chi connectivity index (χ0) is 10.9. The van der Waals surface area contributed by atoms with E-state index in [9.17, 15) is 4.79 Å². The summed E-state index contributed by atoms with van der Waals surface area (Å²) in [5, 5.41) is 0. The summed E-state index contributed by atoms with van der Waals surface area (Å²) in [5.74, 6) is -0.327. The van der Waals surface area contributed by atoms with E-state index in [1.165, 1.54) is 7.11 Å². The van der Waals surface area contributed by atoms with Crippen LogP contribution in [0.4, 0.5) is 5.69 Å². The molecule has 0 bridgehead atoms. The molecular formula is C11H15NO2. The van der Waals surface area contributed by atoms with E-state index in [-0.39, 0.29) is 5.97 Å². The van der Waals surface area contributed by atoms with Crippen LogP contribution in [0.2, 0.25) is 0 Å². The van der Waals surface area contributed by atoms with E-state index in [1.807, 2.05) is 26.8 Å². The van der Waals surface area contributed by atoms with Crippen LogP contribution in [0.15, 0.2) is 6.07 Å². The fraction of sp³-hybridized carbons (Fsp3) is 0.364. The van der Waals surface area contributed by atoms with Gasteiger partial charge in [-0.15, -0.1) is 0 Å². The third kappa shape index (κ3) is 1.58. The Morgan fingerprint density at radius 1 is 1.29 bits per heavy atom. The molecule has 1 rings (SSSR count). The molecule has 3 nitrogen and oxygen atoms in total. The molecule has 0 heterocycles. The number of carbonyl (C=O) groups is 1. The first kappa shape index (κ1) is 10.6. The van der Waals surface area contributed by atoms with E-state index in [4.69, 9.17) is 10.5 Å². The van der Waals surface area contributed by atoms with Crippen LogP contribution in [0, 0.1) is 20.8 Å². The average Bonchev–Trinajstić information content (AvgIpc) is 2.14. The number of esters is 1. The summed E-state index contributed by atoms with van der Waals surface area (Å²) in [6.07, 6.45) is 0. The lowest BCUT2D eigenvalue weighted by molar-refractivity contribution is 0.0599. The number of rotatable bonds is 1. The Labute approximate surface area is 83.9 Å². The molecular weight excluding hydrogens is 178 g/mol. The van der Waals surface area contributed by atoms with Crippen molar-refractivity contribution in [1.82, 2.24) is 0 Å². The van der Waals surface area contributed by atoms with Crippen LogP contribution in [0.25, 0.3) is 0 Å². The third-order valence-corrected chi connectivity index (χ3v) is 2.42. The van der Waals surface area contributed by atoms with Crippen LogP contribution in [0.5, 0.6) is 0 Å². The molecule has 0 saturated heterocycles. The largest absolute Gasteiger partial charge is 0.465 e. The Kier molecular flexibility index (Phi) is 2.79. The van der Waals surface area contributed by atoms with Crippen molar-refractivity contribution < 1.29 is 9.53 Å². The Morgan fingerprint density at radius 2 is 1.86 bits per heavy atom. The number of ether oxygens (including phenoxy) is 1. The summed E-state index contributed by atoms with van der Waals surface area (Å²) in [6.45, 7) is 5.64. The monoisotopic (exact) mass is 193 g/mol. The molecule has 0 aliphatic heterocycles. The van der Waals surface area contributed by atoms with Crippen molar-refractivity contribution >= 4 is 11.7 Å². The smallest absolute Gasteiger partial charge is 0.338 e. The topological polar surface area (TPSA) is 52.3 Å². The summed E-state index contributed by atoms with van der Waals surface area (Å²) in [4.78, 5) is 11.4. The predicted molar refractivity (Wildman–Crippen MR) is 56.4 cm³/mol. The van der Waals surface area contributed by atoms with Gasteiger partial charge in [0.05, 0.1) is 12.7 Å².